The molecule has 0 saturated carbocycles. The largest absolute Gasteiger partial charge is 0.354 e. The van der Waals surface area contributed by atoms with Crippen LogP contribution in [-0.4, -0.2) is 34.7 Å². The van der Waals surface area contributed by atoms with E-state index in [9.17, 15) is 9.59 Å². The van der Waals surface area contributed by atoms with E-state index >= 15 is 0 Å². The Hall–Kier alpha value is -2.93. The molecule has 0 bridgehead atoms. The molecular weight excluding hydrogens is 384 g/mol. The van der Waals surface area contributed by atoms with Gasteiger partial charge in [-0.2, -0.15) is 5.10 Å². The number of thiophene rings is 1. The number of aryl methyl sites for hydroxylation is 2. The molecule has 0 aliphatic carbocycles. The fraction of sp³-hybridized carbons (Fsp3) is 0.318. The van der Waals surface area contributed by atoms with Crippen molar-refractivity contribution in [3.63, 3.8) is 0 Å². The molecule has 1 aliphatic rings. The minimum Gasteiger partial charge on any atom is -0.354 e. The van der Waals surface area contributed by atoms with Gasteiger partial charge in [0.2, 0.25) is 11.8 Å². The van der Waals surface area contributed by atoms with E-state index in [0.29, 0.717) is 19.6 Å². The second-order valence-corrected chi connectivity index (χ2v) is 8.35. The highest BCUT2D eigenvalue weighted by atomic mass is 32.1. The SMILES string of the molecule is Cc1ccc(N2CC(C(=O)NCCn3ccc(-c4cccs4)n3)CC2=O)cc1C. The van der Waals surface area contributed by atoms with Crippen molar-refractivity contribution in [1.82, 2.24) is 15.1 Å². The van der Waals surface area contributed by atoms with E-state index < -0.39 is 0 Å². The lowest BCUT2D eigenvalue weighted by Crippen LogP contribution is -2.34. The number of amides is 2. The molecule has 0 radical (unpaired) electrons. The summed E-state index contributed by atoms with van der Waals surface area (Å²) in [7, 11) is 0. The Balaban J connectivity index is 1.30. The summed E-state index contributed by atoms with van der Waals surface area (Å²) in [6.07, 6.45) is 2.17. The Morgan fingerprint density at radius 3 is 2.86 bits per heavy atom. The first-order chi connectivity index (χ1) is 14.0. The zero-order chi connectivity index (χ0) is 20.4. The molecule has 3 heterocycles. The summed E-state index contributed by atoms with van der Waals surface area (Å²) in [5.41, 5.74) is 4.14. The molecule has 1 saturated heterocycles. The van der Waals surface area contributed by atoms with Gasteiger partial charge in [0, 0.05) is 31.4 Å². The molecule has 1 atom stereocenters. The molecule has 0 spiro atoms. The van der Waals surface area contributed by atoms with Gasteiger partial charge in [-0.1, -0.05) is 12.1 Å². The quantitative estimate of drug-likeness (QED) is 0.680. The lowest BCUT2D eigenvalue weighted by molar-refractivity contribution is -0.126. The Bertz CT molecular complexity index is 1030. The van der Waals surface area contributed by atoms with Crippen LogP contribution in [-0.2, 0) is 16.1 Å². The molecule has 2 amide bonds. The molecule has 4 rings (SSSR count). The molecule has 1 N–H and O–H groups in total. The van der Waals surface area contributed by atoms with Crippen molar-refractivity contribution in [1.29, 1.82) is 0 Å². The van der Waals surface area contributed by atoms with Gasteiger partial charge in [0.1, 0.15) is 5.69 Å². The minimum atomic E-state index is -0.316. The molecular formula is C22H24N4O2S. The van der Waals surface area contributed by atoms with Gasteiger partial charge >= 0.3 is 0 Å². The molecule has 29 heavy (non-hydrogen) atoms. The van der Waals surface area contributed by atoms with E-state index in [1.807, 2.05) is 66.5 Å². The summed E-state index contributed by atoms with van der Waals surface area (Å²) in [6.45, 7) is 5.59. The van der Waals surface area contributed by atoms with Gasteiger partial charge in [0.25, 0.3) is 0 Å². The van der Waals surface area contributed by atoms with Gasteiger partial charge in [-0.25, -0.2) is 0 Å². The lowest BCUT2D eigenvalue weighted by atomic mass is 10.1. The van der Waals surface area contributed by atoms with Crippen LogP contribution < -0.4 is 10.2 Å². The highest BCUT2D eigenvalue weighted by Crippen LogP contribution is 2.27. The molecule has 150 valence electrons. The van der Waals surface area contributed by atoms with Crippen molar-refractivity contribution in [2.75, 3.05) is 18.0 Å². The number of nitrogens with one attached hydrogen (secondary N) is 1. The standard InChI is InChI=1S/C22H24N4O2S/c1-15-5-6-18(12-16(15)2)26-14-17(13-21(26)27)22(28)23-8-10-25-9-7-19(24-25)20-4-3-11-29-20/h3-7,9,11-12,17H,8,10,13-14H2,1-2H3,(H,23,28). The number of hydrogen-bond acceptors (Lipinski definition) is 4. The van der Waals surface area contributed by atoms with Crippen molar-refractivity contribution in [3.05, 3.63) is 59.1 Å². The Labute approximate surface area is 174 Å². The smallest absolute Gasteiger partial charge is 0.227 e. The molecule has 1 aliphatic heterocycles. The second-order valence-electron chi connectivity index (χ2n) is 7.41. The maximum absolute atomic E-state index is 12.6. The van der Waals surface area contributed by atoms with E-state index in [-0.39, 0.29) is 24.2 Å². The summed E-state index contributed by atoms with van der Waals surface area (Å²) in [5, 5.41) is 9.52. The maximum atomic E-state index is 12.6. The number of anilines is 1. The van der Waals surface area contributed by atoms with Crippen LogP contribution in [0.15, 0.2) is 48.0 Å². The third kappa shape index (κ3) is 4.24. The zero-order valence-corrected chi connectivity index (χ0v) is 17.4. The molecule has 6 nitrogen and oxygen atoms in total. The van der Waals surface area contributed by atoms with Crippen molar-refractivity contribution in [2.45, 2.75) is 26.8 Å². The molecule has 1 fully saturated rings. The number of rotatable bonds is 6. The highest BCUT2D eigenvalue weighted by molar-refractivity contribution is 7.13. The Kier molecular flexibility index (Phi) is 5.49. The average molecular weight is 409 g/mol. The van der Waals surface area contributed by atoms with Crippen molar-refractivity contribution in [3.8, 4) is 10.6 Å². The monoisotopic (exact) mass is 408 g/mol. The molecule has 3 aromatic rings. The minimum absolute atomic E-state index is 0.000990. The number of carbonyl (C=O) groups excluding carboxylic acids is 2. The summed E-state index contributed by atoms with van der Waals surface area (Å²) >= 11 is 1.65. The number of hydrogen-bond donors (Lipinski definition) is 1. The fourth-order valence-corrected chi connectivity index (χ4v) is 4.20. The van der Waals surface area contributed by atoms with E-state index in [4.69, 9.17) is 0 Å². The first kappa shape index (κ1) is 19.4. The summed E-state index contributed by atoms with van der Waals surface area (Å²) in [4.78, 5) is 27.8. The molecule has 1 unspecified atom stereocenters. The van der Waals surface area contributed by atoms with Gasteiger partial charge in [-0.3, -0.25) is 14.3 Å². The Morgan fingerprint density at radius 2 is 2.10 bits per heavy atom. The molecule has 7 heteroatoms. The van der Waals surface area contributed by atoms with E-state index in [2.05, 4.69) is 10.4 Å². The highest BCUT2D eigenvalue weighted by Gasteiger charge is 2.35. The van der Waals surface area contributed by atoms with E-state index in [1.54, 1.807) is 16.2 Å². The molecule has 1 aromatic carbocycles. The summed E-state index contributed by atoms with van der Waals surface area (Å²) in [5.74, 6) is -0.389. The van der Waals surface area contributed by atoms with E-state index in [1.165, 1.54) is 5.56 Å². The van der Waals surface area contributed by atoms with Gasteiger partial charge < -0.3 is 10.2 Å². The van der Waals surface area contributed by atoms with Gasteiger partial charge in [0.15, 0.2) is 0 Å². The third-order valence-electron chi connectivity index (χ3n) is 5.35. The predicted molar refractivity (Wildman–Crippen MR) is 115 cm³/mol. The van der Waals surface area contributed by atoms with Crippen LogP contribution in [0.5, 0.6) is 0 Å². The first-order valence-corrected chi connectivity index (χ1v) is 10.6. The number of carbonyl (C=O) groups is 2. The predicted octanol–water partition coefficient (Wildman–Crippen LogP) is 3.40. The zero-order valence-electron chi connectivity index (χ0n) is 16.6. The topological polar surface area (TPSA) is 67.2 Å². The third-order valence-corrected chi connectivity index (χ3v) is 6.24. The number of nitrogens with zero attached hydrogens (tertiary/aromatic N) is 3. The van der Waals surface area contributed by atoms with E-state index in [0.717, 1.165) is 21.8 Å². The van der Waals surface area contributed by atoms with Gasteiger partial charge in [-0.05, 0) is 54.6 Å². The molecule has 2 aromatic heterocycles. The normalized spacial score (nSPS) is 16.4. The van der Waals surface area contributed by atoms with Crippen molar-refractivity contribution >= 4 is 28.8 Å². The van der Waals surface area contributed by atoms with Crippen molar-refractivity contribution < 1.29 is 9.59 Å². The van der Waals surface area contributed by atoms with Crippen LogP contribution in [0, 0.1) is 19.8 Å². The van der Waals surface area contributed by atoms with Crippen molar-refractivity contribution in [2.24, 2.45) is 5.92 Å². The van der Waals surface area contributed by atoms with Crippen LogP contribution in [0.4, 0.5) is 5.69 Å². The van der Waals surface area contributed by atoms with Crippen LogP contribution >= 0.6 is 11.3 Å². The summed E-state index contributed by atoms with van der Waals surface area (Å²) in [6, 6.07) is 12.0. The van der Waals surface area contributed by atoms with Crippen LogP contribution in [0.1, 0.15) is 17.5 Å². The number of aromatic nitrogens is 2. The average Bonchev–Trinajstić information content (AvgIpc) is 3.44. The van der Waals surface area contributed by atoms with Gasteiger partial charge in [0.05, 0.1) is 17.3 Å². The van der Waals surface area contributed by atoms with Gasteiger partial charge in [-0.15, -0.1) is 11.3 Å². The van der Waals surface area contributed by atoms with Crippen LogP contribution in [0.2, 0.25) is 0 Å². The fourth-order valence-electron chi connectivity index (χ4n) is 3.51. The lowest BCUT2D eigenvalue weighted by Gasteiger charge is -2.18. The Morgan fingerprint density at radius 1 is 1.24 bits per heavy atom. The maximum Gasteiger partial charge on any atom is 0.227 e. The summed E-state index contributed by atoms with van der Waals surface area (Å²) < 4.78 is 1.83. The van der Waals surface area contributed by atoms with Crippen LogP contribution in [0.3, 0.4) is 0 Å². The number of benzene rings is 1. The van der Waals surface area contributed by atoms with Crippen LogP contribution in [0.25, 0.3) is 10.6 Å². The second kappa shape index (κ2) is 8.21. The first-order valence-electron chi connectivity index (χ1n) is 9.74.